The van der Waals surface area contributed by atoms with E-state index in [-0.39, 0.29) is 0 Å². The van der Waals surface area contributed by atoms with Crippen LogP contribution in [0, 0.1) is 0 Å². The Labute approximate surface area is 146 Å². The highest BCUT2D eigenvalue weighted by atomic mass is 16.5. The van der Waals surface area contributed by atoms with E-state index in [9.17, 15) is 0 Å². The first-order valence-electron chi connectivity index (χ1n) is 8.07. The first-order valence-corrected chi connectivity index (χ1v) is 8.07. The topological polar surface area (TPSA) is 88.2 Å². The summed E-state index contributed by atoms with van der Waals surface area (Å²) >= 11 is 0. The van der Waals surface area contributed by atoms with Gasteiger partial charge in [0, 0.05) is 32.8 Å². The van der Waals surface area contributed by atoms with Gasteiger partial charge in [-0.3, -0.25) is 9.98 Å². The third kappa shape index (κ3) is 4.87. The highest BCUT2D eigenvalue weighted by Gasteiger charge is 2.09. The van der Waals surface area contributed by atoms with Gasteiger partial charge in [-0.1, -0.05) is 41.6 Å². The first-order chi connectivity index (χ1) is 12.3. The number of nitrogens with one attached hydrogen (secondary N) is 2. The number of aliphatic imine (C=N–C) groups is 1. The van der Waals surface area contributed by atoms with E-state index < -0.39 is 0 Å². The molecular weight excluding hydrogens is 316 g/mol. The van der Waals surface area contributed by atoms with Crippen LogP contribution in [-0.4, -0.2) is 34.7 Å². The third-order valence-electron chi connectivity index (χ3n) is 3.52. The van der Waals surface area contributed by atoms with Crippen molar-refractivity contribution in [3.8, 4) is 11.6 Å². The first kappa shape index (κ1) is 16.6. The Morgan fingerprint density at radius 1 is 1.08 bits per heavy atom. The SMILES string of the molecule is CN=C(NCCc1noc(-c2ccccn2)n1)NCc1ccccc1. The van der Waals surface area contributed by atoms with Crippen molar-refractivity contribution in [3.63, 3.8) is 0 Å². The zero-order valence-electron chi connectivity index (χ0n) is 14.0. The van der Waals surface area contributed by atoms with Crippen LogP contribution in [0.15, 0.2) is 64.2 Å². The van der Waals surface area contributed by atoms with Crippen molar-refractivity contribution in [1.29, 1.82) is 0 Å². The number of nitrogens with zero attached hydrogens (tertiary/aromatic N) is 4. The molecule has 7 heteroatoms. The Hall–Kier alpha value is -3.22. The number of benzene rings is 1. The van der Waals surface area contributed by atoms with Crippen LogP contribution < -0.4 is 10.6 Å². The van der Waals surface area contributed by atoms with Gasteiger partial charge in [-0.05, 0) is 17.7 Å². The van der Waals surface area contributed by atoms with Gasteiger partial charge >= 0.3 is 0 Å². The maximum absolute atomic E-state index is 5.24. The zero-order chi connectivity index (χ0) is 17.3. The van der Waals surface area contributed by atoms with Crippen molar-refractivity contribution in [1.82, 2.24) is 25.8 Å². The minimum Gasteiger partial charge on any atom is -0.356 e. The van der Waals surface area contributed by atoms with Gasteiger partial charge in [0.2, 0.25) is 0 Å². The van der Waals surface area contributed by atoms with Crippen molar-refractivity contribution < 1.29 is 4.52 Å². The van der Waals surface area contributed by atoms with Gasteiger partial charge in [-0.25, -0.2) is 0 Å². The van der Waals surface area contributed by atoms with Crippen LogP contribution in [0.3, 0.4) is 0 Å². The van der Waals surface area contributed by atoms with Crippen molar-refractivity contribution in [3.05, 3.63) is 66.1 Å². The van der Waals surface area contributed by atoms with Gasteiger partial charge in [-0.2, -0.15) is 4.98 Å². The maximum Gasteiger partial charge on any atom is 0.276 e. The minimum absolute atomic E-state index is 0.433. The number of hydrogen-bond donors (Lipinski definition) is 2. The summed E-state index contributed by atoms with van der Waals surface area (Å²) in [4.78, 5) is 12.8. The van der Waals surface area contributed by atoms with Crippen LogP contribution >= 0.6 is 0 Å². The van der Waals surface area contributed by atoms with Crippen molar-refractivity contribution in [2.45, 2.75) is 13.0 Å². The summed E-state index contributed by atoms with van der Waals surface area (Å²) in [5.74, 6) is 1.80. The number of pyridine rings is 1. The molecule has 0 amide bonds. The third-order valence-corrected chi connectivity index (χ3v) is 3.52. The molecule has 0 saturated heterocycles. The van der Waals surface area contributed by atoms with Crippen LogP contribution in [0.25, 0.3) is 11.6 Å². The van der Waals surface area contributed by atoms with E-state index in [4.69, 9.17) is 4.52 Å². The fraction of sp³-hybridized carbons (Fsp3) is 0.222. The molecule has 3 rings (SSSR count). The maximum atomic E-state index is 5.24. The van der Waals surface area contributed by atoms with E-state index in [2.05, 4.69) is 42.9 Å². The standard InChI is InChI=1S/C18H20N6O/c1-19-18(22-13-14-7-3-2-4-8-14)21-12-10-16-23-17(25-24-16)15-9-5-6-11-20-15/h2-9,11H,10,12-13H2,1H3,(H2,19,21,22). The average Bonchev–Trinajstić information content (AvgIpc) is 3.15. The van der Waals surface area contributed by atoms with E-state index in [0.29, 0.717) is 36.9 Å². The lowest BCUT2D eigenvalue weighted by Crippen LogP contribution is -2.37. The van der Waals surface area contributed by atoms with Crippen molar-refractivity contribution in [2.75, 3.05) is 13.6 Å². The van der Waals surface area contributed by atoms with Gasteiger partial charge < -0.3 is 15.2 Å². The smallest absolute Gasteiger partial charge is 0.276 e. The van der Waals surface area contributed by atoms with Crippen LogP contribution in [-0.2, 0) is 13.0 Å². The summed E-state index contributed by atoms with van der Waals surface area (Å²) in [6, 6.07) is 15.7. The second-order valence-electron chi connectivity index (χ2n) is 5.32. The highest BCUT2D eigenvalue weighted by Crippen LogP contribution is 2.13. The number of guanidine groups is 1. The summed E-state index contributed by atoms with van der Waals surface area (Å²) in [6.45, 7) is 1.36. The molecule has 0 fully saturated rings. The molecule has 0 spiro atoms. The van der Waals surface area contributed by atoms with E-state index in [1.54, 1.807) is 13.2 Å². The number of rotatable bonds is 6. The van der Waals surface area contributed by atoms with Crippen molar-refractivity contribution in [2.24, 2.45) is 4.99 Å². The molecule has 1 aromatic carbocycles. The Kier molecular flexibility index (Phi) is 5.71. The van der Waals surface area contributed by atoms with Crippen LogP contribution in [0.1, 0.15) is 11.4 Å². The fourth-order valence-electron chi connectivity index (χ4n) is 2.24. The minimum atomic E-state index is 0.433. The molecule has 0 aliphatic heterocycles. The second-order valence-corrected chi connectivity index (χ2v) is 5.32. The van der Waals surface area contributed by atoms with E-state index >= 15 is 0 Å². The monoisotopic (exact) mass is 336 g/mol. The van der Waals surface area contributed by atoms with E-state index in [1.165, 1.54) is 5.56 Å². The molecule has 0 unspecified atom stereocenters. The molecule has 2 heterocycles. The summed E-state index contributed by atoms with van der Waals surface area (Å²) in [6.07, 6.45) is 2.32. The lowest BCUT2D eigenvalue weighted by Gasteiger charge is -2.11. The second kappa shape index (κ2) is 8.58. The molecule has 0 atom stereocenters. The summed E-state index contributed by atoms with van der Waals surface area (Å²) in [5, 5.41) is 10.5. The predicted molar refractivity (Wildman–Crippen MR) is 95.9 cm³/mol. The molecule has 128 valence electrons. The molecule has 0 aliphatic carbocycles. The van der Waals surface area contributed by atoms with E-state index in [1.807, 2.05) is 36.4 Å². The lowest BCUT2D eigenvalue weighted by atomic mass is 10.2. The predicted octanol–water partition coefficient (Wildman–Crippen LogP) is 2.04. The summed E-state index contributed by atoms with van der Waals surface area (Å²) in [5.41, 5.74) is 1.87. The molecule has 0 aliphatic rings. The molecule has 3 aromatic rings. The Morgan fingerprint density at radius 2 is 1.92 bits per heavy atom. The van der Waals surface area contributed by atoms with Gasteiger partial charge in [0.15, 0.2) is 11.8 Å². The molecule has 0 radical (unpaired) electrons. The van der Waals surface area contributed by atoms with Gasteiger partial charge in [0.1, 0.15) is 5.69 Å². The number of hydrogen-bond acceptors (Lipinski definition) is 5. The normalized spacial score (nSPS) is 11.3. The van der Waals surface area contributed by atoms with Crippen LogP contribution in [0.5, 0.6) is 0 Å². The quantitative estimate of drug-likeness (QED) is 0.529. The molecule has 0 saturated carbocycles. The molecular formula is C18H20N6O. The van der Waals surface area contributed by atoms with Crippen molar-refractivity contribution >= 4 is 5.96 Å². The largest absolute Gasteiger partial charge is 0.356 e. The van der Waals surface area contributed by atoms with Gasteiger partial charge in [0.05, 0.1) is 0 Å². The summed E-state index contributed by atoms with van der Waals surface area (Å²) in [7, 11) is 1.74. The highest BCUT2D eigenvalue weighted by molar-refractivity contribution is 5.79. The van der Waals surface area contributed by atoms with Crippen LogP contribution in [0.2, 0.25) is 0 Å². The summed E-state index contributed by atoms with van der Waals surface area (Å²) < 4.78 is 5.24. The molecule has 0 bridgehead atoms. The molecule has 2 N–H and O–H groups in total. The van der Waals surface area contributed by atoms with E-state index in [0.717, 1.165) is 5.96 Å². The number of aromatic nitrogens is 3. The van der Waals surface area contributed by atoms with Gasteiger partial charge in [-0.15, -0.1) is 0 Å². The fourth-order valence-corrected chi connectivity index (χ4v) is 2.24. The lowest BCUT2D eigenvalue weighted by molar-refractivity contribution is 0.421. The molecule has 25 heavy (non-hydrogen) atoms. The Bertz CT molecular complexity index is 801. The molecule has 2 aromatic heterocycles. The Balaban J connectivity index is 1.46. The molecule has 7 nitrogen and oxygen atoms in total. The average molecular weight is 336 g/mol. The van der Waals surface area contributed by atoms with Crippen LogP contribution in [0.4, 0.5) is 0 Å². The van der Waals surface area contributed by atoms with Gasteiger partial charge in [0.25, 0.3) is 5.89 Å². The Morgan fingerprint density at radius 3 is 2.68 bits per heavy atom. The zero-order valence-corrected chi connectivity index (χ0v) is 14.0.